The van der Waals surface area contributed by atoms with Crippen molar-refractivity contribution in [1.82, 2.24) is 5.32 Å². The fraction of sp³-hybridized carbons (Fsp3) is 0.800. The maximum Gasteiger partial charge on any atom is 0.236 e. The van der Waals surface area contributed by atoms with E-state index in [1.54, 1.807) is 6.92 Å². The Balaban J connectivity index is 0. The van der Waals surface area contributed by atoms with Gasteiger partial charge in [0.05, 0.1) is 6.04 Å². The Hall–Kier alpha value is -0.320. The molecule has 0 aliphatic heterocycles. The largest absolute Gasteiger partial charge is 0.353 e. The Morgan fingerprint density at radius 1 is 1.70 bits per heavy atom. The number of carbonyl (C=O) groups is 1. The number of halogens is 1. The predicted molar refractivity (Wildman–Crippen MR) is 43.0 cm³/mol. The number of nitrogens with one attached hydrogen (secondary N) is 1. The Morgan fingerprint density at radius 3 is 2.50 bits per heavy atom. The quantitative estimate of drug-likeness (QED) is 0.496. The lowest BCUT2D eigenvalue weighted by Crippen LogP contribution is -2.40. The van der Waals surface area contributed by atoms with Crippen molar-refractivity contribution in [2.45, 2.75) is 13.0 Å². The van der Waals surface area contributed by atoms with Gasteiger partial charge in [-0.05, 0) is 6.92 Å². The van der Waals surface area contributed by atoms with E-state index >= 15 is 0 Å². The first-order valence-corrected chi connectivity index (χ1v) is 2.92. The average Bonchev–Trinajstić information content (AvgIpc) is 1.82. The van der Waals surface area contributed by atoms with Gasteiger partial charge in [0, 0.05) is 13.1 Å². The van der Waals surface area contributed by atoms with Crippen LogP contribution in [-0.4, -0.2) is 25.0 Å². The molecule has 1 atom stereocenters. The summed E-state index contributed by atoms with van der Waals surface area (Å²) in [5, 5.41) is 2.54. The molecule has 0 aromatic rings. The molecule has 62 valence electrons. The lowest BCUT2D eigenvalue weighted by molar-refractivity contribution is -0.121. The van der Waals surface area contributed by atoms with E-state index in [-0.39, 0.29) is 18.3 Å². The molecule has 0 saturated heterocycles. The van der Waals surface area contributed by atoms with Crippen molar-refractivity contribution in [1.29, 1.82) is 0 Å². The van der Waals surface area contributed by atoms with Crippen LogP contribution in [0.15, 0.2) is 0 Å². The van der Waals surface area contributed by atoms with Crippen molar-refractivity contribution in [3.63, 3.8) is 0 Å². The Bertz CT molecular complexity index is 96.9. The second-order valence-corrected chi connectivity index (χ2v) is 1.87. The van der Waals surface area contributed by atoms with Gasteiger partial charge in [-0.1, -0.05) is 0 Å². The third-order valence-corrected chi connectivity index (χ3v) is 0.857. The van der Waals surface area contributed by atoms with Gasteiger partial charge in [-0.15, -0.1) is 12.4 Å². The summed E-state index contributed by atoms with van der Waals surface area (Å²) in [4.78, 5) is 10.6. The van der Waals surface area contributed by atoms with Gasteiger partial charge in [-0.25, -0.2) is 0 Å². The minimum Gasteiger partial charge on any atom is -0.353 e. The summed E-state index contributed by atoms with van der Waals surface area (Å²) in [7, 11) is 0. The smallest absolute Gasteiger partial charge is 0.236 e. The van der Waals surface area contributed by atoms with Crippen LogP contribution < -0.4 is 16.8 Å². The molecule has 0 aromatic carbocycles. The molecule has 5 heteroatoms. The van der Waals surface area contributed by atoms with Crippen LogP contribution in [0.2, 0.25) is 0 Å². The van der Waals surface area contributed by atoms with Gasteiger partial charge in [0.25, 0.3) is 0 Å². The highest BCUT2D eigenvalue weighted by atomic mass is 35.5. The lowest BCUT2D eigenvalue weighted by Gasteiger charge is -2.04. The van der Waals surface area contributed by atoms with Crippen LogP contribution in [0.5, 0.6) is 0 Å². The first-order chi connectivity index (χ1) is 4.18. The summed E-state index contributed by atoms with van der Waals surface area (Å²) in [6.45, 7) is 2.59. The first-order valence-electron chi connectivity index (χ1n) is 2.92. The number of rotatable bonds is 3. The Morgan fingerprint density at radius 2 is 2.20 bits per heavy atom. The molecule has 0 aliphatic carbocycles. The van der Waals surface area contributed by atoms with E-state index in [4.69, 9.17) is 11.5 Å². The summed E-state index contributed by atoms with van der Waals surface area (Å²) in [6.07, 6.45) is 0. The SMILES string of the molecule is CC(N)C(=O)NCCN.Cl. The van der Waals surface area contributed by atoms with Crippen molar-refractivity contribution in [3.8, 4) is 0 Å². The zero-order valence-electron chi connectivity index (χ0n) is 5.96. The van der Waals surface area contributed by atoms with E-state index in [1.165, 1.54) is 0 Å². The van der Waals surface area contributed by atoms with Crippen molar-refractivity contribution >= 4 is 18.3 Å². The van der Waals surface area contributed by atoms with Crippen LogP contribution >= 0.6 is 12.4 Å². The molecule has 1 unspecified atom stereocenters. The minimum absolute atomic E-state index is 0. The second kappa shape index (κ2) is 6.80. The van der Waals surface area contributed by atoms with Crippen molar-refractivity contribution in [2.24, 2.45) is 11.5 Å². The van der Waals surface area contributed by atoms with E-state index in [2.05, 4.69) is 5.32 Å². The maximum absolute atomic E-state index is 10.6. The summed E-state index contributed by atoms with van der Waals surface area (Å²) in [6, 6.07) is -0.434. The Kier molecular flexibility index (Phi) is 8.40. The number of hydrogen-bond donors (Lipinski definition) is 3. The van der Waals surface area contributed by atoms with Gasteiger partial charge in [0.15, 0.2) is 0 Å². The van der Waals surface area contributed by atoms with Gasteiger partial charge in [0.2, 0.25) is 5.91 Å². The molecule has 0 rings (SSSR count). The molecule has 0 spiro atoms. The third-order valence-electron chi connectivity index (χ3n) is 0.857. The first kappa shape index (κ1) is 12.4. The van der Waals surface area contributed by atoms with Crippen molar-refractivity contribution in [3.05, 3.63) is 0 Å². The fourth-order valence-corrected chi connectivity index (χ4v) is 0.356. The molecule has 0 aliphatic rings. The van der Waals surface area contributed by atoms with E-state index < -0.39 is 6.04 Å². The monoisotopic (exact) mass is 167 g/mol. The average molecular weight is 168 g/mol. The molecule has 0 aromatic heterocycles. The van der Waals surface area contributed by atoms with Crippen LogP contribution in [0.4, 0.5) is 0 Å². The number of hydrogen-bond acceptors (Lipinski definition) is 3. The Labute approximate surface area is 66.7 Å². The van der Waals surface area contributed by atoms with Crippen LogP contribution in [0.25, 0.3) is 0 Å². The summed E-state index contributed by atoms with van der Waals surface area (Å²) >= 11 is 0. The highest BCUT2D eigenvalue weighted by Gasteiger charge is 2.03. The lowest BCUT2D eigenvalue weighted by atomic mass is 10.3. The van der Waals surface area contributed by atoms with Crippen molar-refractivity contribution < 1.29 is 4.79 Å². The van der Waals surface area contributed by atoms with Crippen LogP contribution in [-0.2, 0) is 4.79 Å². The summed E-state index contributed by atoms with van der Waals surface area (Å²) in [5.41, 5.74) is 10.3. The van der Waals surface area contributed by atoms with E-state index in [0.29, 0.717) is 13.1 Å². The number of amides is 1. The van der Waals surface area contributed by atoms with Gasteiger partial charge in [-0.3, -0.25) is 4.79 Å². The van der Waals surface area contributed by atoms with Crippen LogP contribution in [0.1, 0.15) is 6.92 Å². The standard InChI is InChI=1S/C5H13N3O.ClH/c1-4(7)5(9)8-3-2-6;/h4H,2-3,6-7H2,1H3,(H,8,9);1H. The zero-order chi connectivity index (χ0) is 7.28. The van der Waals surface area contributed by atoms with Crippen LogP contribution in [0.3, 0.4) is 0 Å². The molecule has 0 bridgehead atoms. The molecule has 10 heavy (non-hydrogen) atoms. The normalized spacial score (nSPS) is 11.5. The molecule has 5 N–H and O–H groups in total. The highest BCUT2D eigenvalue weighted by molar-refractivity contribution is 5.85. The highest BCUT2D eigenvalue weighted by Crippen LogP contribution is 1.71. The van der Waals surface area contributed by atoms with E-state index in [9.17, 15) is 4.79 Å². The molecular formula is C5H14ClN3O. The third kappa shape index (κ3) is 5.81. The molecule has 0 fully saturated rings. The van der Waals surface area contributed by atoms with Crippen molar-refractivity contribution in [2.75, 3.05) is 13.1 Å². The van der Waals surface area contributed by atoms with Gasteiger partial charge >= 0.3 is 0 Å². The molecule has 0 saturated carbocycles. The molecule has 0 radical (unpaired) electrons. The predicted octanol–water partition coefficient (Wildman–Crippen LogP) is -1.17. The molecule has 0 heterocycles. The molecular weight excluding hydrogens is 154 g/mol. The number of carbonyl (C=O) groups excluding carboxylic acids is 1. The van der Waals surface area contributed by atoms with Gasteiger partial charge in [0.1, 0.15) is 0 Å². The van der Waals surface area contributed by atoms with Crippen LogP contribution in [0, 0.1) is 0 Å². The summed E-state index contributed by atoms with van der Waals surface area (Å²) in [5.74, 6) is -0.152. The number of nitrogens with two attached hydrogens (primary N) is 2. The topological polar surface area (TPSA) is 81.1 Å². The maximum atomic E-state index is 10.6. The molecule has 4 nitrogen and oxygen atoms in total. The minimum atomic E-state index is -0.434. The zero-order valence-corrected chi connectivity index (χ0v) is 6.78. The summed E-state index contributed by atoms with van der Waals surface area (Å²) < 4.78 is 0. The fourth-order valence-electron chi connectivity index (χ4n) is 0.356. The van der Waals surface area contributed by atoms with Gasteiger partial charge < -0.3 is 16.8 Å². The van der Waals surface area contributed by atoms with Gasteiger partial charge in [-0.2, -0.15) is 0 Å². The van der Waals surface area contributed by atoms with E-state index in [1.807, 2.05) is 0 Å². The second-order valence-electron chi connectivity index (χ2n) is 1.87. The van der Waals surface area contributed by atoms with E-state index in [0.717, 1.165) is 0 Å². The molecule has 1 amide bonds.